The zero-order valence-electron chi connectivity index (χ0n) is 18.7. The molecule has 3 atom stereocenters. The number of alkyl carbamates (subject to hydrolysis) is 1. The lowest BCUT2D eigenvalue weighted by Gasteiger charge is -2.32. The number of allylic oxidation sites excluding steroid dienone is 1. The number of fused-ring (bicyclic) bond motifs is 1. The van der Waals surface area contributed by atoms with Gasteiger partial charge in [0.05, 0.1) is 32.5 Å². The van der Waals surface area contributed by atoms with E-state index in [9.17, 15) is 9.59 Å². The van der Waals surface area contributed by atoms with Crippen molar-refractivity contribution in [3.8, 4) is 0 Å². The second-order valence-corrected chi connectivity index (χ2v) is 9.30. The summed E-state index contributed by atoms with van der Waals surface area (Å²) in [6.07, 6.45) is 1.52. The first kappa shape index (κ1) is 23.0. The van der Waals surface area contributed by atoms with Gasteiger partial charge in [0.25, 0.3) is 0 Å². The van der Waals surface area contributed by atoms with E-state index in [1.54, 1.807) is 6.92 Å². The molecule has 8 heteroatoms. The van der Waals surface area contributed by atoms with Gasteiger partial charge in [-0.15, -0.1) is 0 Å². The standard InChI is InChI=1S/C24H29BrN2O5/c1-14(30-2)22(26-24(29)31-3)23(28)27-10-4-5-21(27)18-11-17(19-12-32-13-20(18)19)15-6-8-16(25)9-7-15/h6-9,14,21-22H,4-5,10-13H2,1-3H3,(H,26,29)/t14-,21-,22+/m1/s1. The smallest absolute Gasteiger partial charge is 0.407 e. The highest BCUT2D eigenvalue weighted by Gasteiger charge is 2.41. The van der Waals surface area contributed by atoms with Gasteiger partial charge in [-0.25, -0.2) is 4.79 Å². The summed E-state index contributed by atoms with van der Waals surface area (Å²) in [6.45, 7) is 3.62. The van der Waals surface area contributed by atoms with E-state index in [2.05, 4.69) is 45.5 Å². The van der Waals surface area contributed by atoms with Gasteiger partial charge < -0.3 is 24.4 Å². The van der Waals surface area contributed by atoms with Gasteiger partial charge >= 0.3 is 6.09 Å². The van der Waals surface area contributed by atoms with Crippen LogP contribution in [0.2, 0.25) is 0 Å². The van der Waals surface area contributed by atoms with Crippen LogP contribution in [-0.2, 0) is 19.0 Å². The van der Waals surface area contributed by atoms with Crippen LogP contribution in [0.25, 0.3) is 5.57 Å². The maximum Gasteiger partial charge on any atom is 0.407 e. The van der Waals surface area contributed by atoms with Gasteiger partial charge in [-0.3, -0.25) is 4.79 Å². The van der Waals surface area contributed by atoms with Crippen molar-refractivity contribution in [2.24, 2.45) is 0 Å². The normalized spacial score (nSPS) is 22.2. The molecule has 0 unspecified atom stereocenters. The Morgan fingerprint density at radius 3 is 2.56 bits per heavy atom. The zero-order valence-corrected chi connectivity index (χ0v) is 20.2. The molecule has 0 aromatic heterocycles. The molecule has 2 fully saturated rings. The Labute approximate surface area is 196 Å². The van der Waals surface area contributed by atoms with E-state index in [1.807, 2.05) is 4.90 Å². The van der Waals surface area contributed by atoms with Crippen LogP contribution in [0.5, 0.6) is 0 Å². The highest BCUT2D eigenvalue weighted by atomic mass is 79.9. The van der Waals surface area contributed by atoms with Crippen molar-refractivity contribution in [3.63, 3.8) is 0 Å². The first-order valence-electron chi connectivity index (χ1n) is 10.9. The maximum atomic E-state index is 13.5. The van der Waals surface area contributed by atoms with Crippen molar-refractivity contribution >= 4 is 33.5 Å². The lowest BCUT2D eigenvalue weighted by molar-refractivity contribution is -0.136. The second kappa shape index (κ2) is 9.77. The lowest BCUT2D eigenvalue weighted by atomic mass is 9.96. The summed E-state index contributed by atoms with van der Waals surface area (Å²) >= 11 is 3.51. The predicted octanol–water partition coefficient (Wildman–Crippen LogP) is 3.68. The molecule has 2 heterocycles. The van der Waals surface area contributed by atoms with Crippen LogP contribution in [0.4, 0.5) is 4.79 Å². The Morgan fingerprint density at radius 1 is 1.16 bits per heavy atom. The molecular formula is C24H29BrN2O5. The van der Waals surface area contributed by atoms with E-state index < -0.39 is 18.2 Å². The fourth-order valence-electron chi connectivity index (χ4n) is 4.91. The Bertz CT molecular complexity index is 956. The van der Waals surface area contributed by atoms with E-state index >= 15 is 0 Å². The summed E-state index contributed by atoms with van der Waals surface area (Å²) in [6, 6.07) is 7.54. The van der Waals surface area contributed by atoms with Crippen LogP contribution >= 0.6 is 15.9 Å². The summed E-state index contributed by atoms with van der Waals surface area (Å²) < 4.78 is 17.0. The highest BCUT2D eigenvalue weighted by molar-refractivity contribution is 9.10. The zero-order chi connectivity index (χ0) is 22.8. The minimum atomic E-state index is -0.807. The first-order chi connectivity index (χ1) is 15.4. The van der Waals surface area contributed by atoms with Crippen LogP contribution in [0.15, 0.2) is 45.5 Å². The van der Waals surface area contributed by atoms with Gasteiger partial charge in [0.2, 0.25) is 5.91 Å². The number of benzene rings is 1. The van der Waals surface area contributed by atoms with Crippen molar-refractivity contribution in [3.05, 3.63) is 51.0 Å². The third kappa shape index (κ3) is 4.36. The highest BCUT2D eigenvalue weighted by Crippen LogP contribution is 2.45. The SMILES string of the molecule is COC(=O)N[C@H](C(=O)N1CCC[C@@H]1C1=C2COCC2=C(c2ccc(Br)cc2)C1)[C@@H](C)OC. The summed E-state index contributed by atoms with van der Waals surface area (Å²) in [5, 5.41) is 2.66. The number of nitrogens with zero attached hydrogens (tertiary/aromatic N) is 1. The predicted molar refractivity (Wildman–Crippen MR) is 124 cm³/mol. The van der Waals surface area contributed by atoms with E-state index in [1.165, 1.54) is 42.1 Å². The average molecular weight is 505 g/mol. The molecule has 2 saturated heterocycles. The number of methoxy groups -OCH3 is 2. The molecule has 0 spiro atoms. The van der Waals surface area contributed by atoms with Crippen LogP contribution < -0.4 is 5.32 Å². The van der Waals surface area contributed by atoms with Gasteiger partial charge in [0.1, 0.15) is 6.04 Å². The number of carbonyl (C=O) groups is 2. The monoisotopic (exact) mass is 504 g/mol. The molecule has 3 aliphatic rings. The van der Waals surface area contributed by atoms with Gasteiger partial charge in [0, 0.05) is 18.1 Å². The number of ether oxygens (including phenoxy) is 3. The molecule has 172 valence electrons. The van der Waals surface area contributed by atoms with Crippen LogP contribution in [0.3, 0.4) is 0 Å². The number of hydrogen-bond donors (Lipinski definition) is 1. The summed E-state index contributed by atoms with van der Waals surface area (Å²) in [5.41, 5.74) is 6.24. The van der Waals surface area contributed by atoms with Crippen LogP contribution in [-0.4, -0.2) is 69.1 Å². The van der Waals surface area contributed by atoms with E-state index in [4.69, 9.17) is 14.2 Å². The molecule has 1 N–H and O–H groups in total. The topological polar surface area (TPSA) is 77.1 Å². The average Bonchev–Trinajstić information content (AvgIpc) is 3.53. The summed E-state index contributed by atoms with van der Waals surface area (Å²) in [5.74, 6) is -0.141. The molecule has 4 rings (SSSR count). The second-order valence-electron chi connectivity index (χ2n) is 8.38. The third-order valence-corrected chi connectivity index (χ3v) is 7.20. The number of halogens is 1. The molecule has 32 heavy (non-hydrogen) atoms. The molecule has 0 bridgehead atoms. The number of carbonyl (C=O) groups excluding carboxylic acids is 2. The molecule has 1 aromatic carbocycles. The van der Waals surface area contributed by atoms with Crippen molar-refractivity contribution in [2.45, 2.75) is 44.4 Å². The third-order valence-electron chi connectivity index (χ3n) is 6.67. The van der Waals surface area contributed by atoms with E-state index in [-0.39, 0.29) is 11.9 Å². The van der Waals surface area contributed by atoms with Crippen molar-refractivity contribution in [2.75, 3.05) is 34.0 Å². The molecule has 1 aliphatic carbocycles. The van der Waals surface area contributed by atoms with Crippen molar-refractivity contribution in [1.29, 1.82) is 0 Å². The molecular weight excluding hydrogens is 476 g/mol. The van der Waals surface area contributed by atoms with Gasteiger partial charge in [0.15, 0.2) is 0 Å². The number of amides is 2. The minimum absolute atomic E-state index is 0.00634. The molecule has 2 amide bonds. The van der Waals surface area contributed by atoms with Crippen LogP contribution in [0.1, 0.15) is 31.7 Å². The fraction of sp³-hybridized carbons (Fsp3) is 0.500. The molecule has 0 radical (unpaired) electrons. The van der Waals surface area contributed by atoms with Crippen molar-refractivity contribution in [1.82, 2.24) is 10.2 Å². The van der Waals surface area contributed by atoms with Gasteiger partial charge in [-0.1, -0.05) is 28.1 Å². The summed E-state index contributed by atoms with van der Waals surface area (Å²) in [4.78, 5) is 27.3. The number of hydrogen-bond acceptors (Lipinski definition) is 5. The quantitative estimate of drug-likeness (QED) is 0.639. The Hall–Kier alpha value is -2.16. The molecule has 0 saturated carbocycles. The first-order valence-corrected chi connectivity index (χ1v) is 11.7. The Balaban J connectivity index is 1.59. The van der Waals surface area contributed by atoms with Gasteiger partial charge in [-0.05, 0) is 66.2 Å². The molecule has 1 aromatic rings. The molecule has 2 aliphatic heterocycles. The number of likely N-dealkylation sites (tertiary alicyclic amines) is 1. The number of nitrogens with one attached hydrogen (secondary N) is 1. The van der Waals surface area contributed by atoms with Crippen LogP contribution in [0, 0.1) is 0 Å². The number of rotatable bonds is 6. The van der Waals surface area contributed by atoms with Gasteiger partial charge in [-0.2, -0.15) is 0 Å². The largest absolute Gasteiger partial charge is 0.453 e. The fourth-order valence-corrected chi connectivity index (χ4v) is 5.17. The van der Waals surface area contributed by atoms with E-state index in [0.717, 1.165) is 23.7 Å². The Kier molecular flexibility index (Phi) is 7.02. The van der Waals surface area contributed by atoms with E-state index in [0.29, 0.717) is 19.8 Å². The van der Waals surface area contributed by atoms with Crippen molar-refractivity contribution < 1.29 is 23.8 Å². The summed E-state index contributed by atoms with van der Waals surface area (Å²) in [7, 11) is 2.82. The molecule has 7 nitrogen and oxygen atoms in total. The minimum Gasteiger partial charge on any atom is -0.453 e. The maximum absolute atomic E-state index is 13.5. The Morgan fingerprint density at radius 2 is 1.88 bits per heavy atom. The lowest BCUT2D eigenvalue weighted by Crippen LogP contribution is -2.55.